The topological polar surface area (TPSA) is 6.48 Å². The molecular weight excluding hydrogens is 400 g/mol. The first-order chi connectivity index (χ1) is 16.2. The van der Waals surface area contributed by atoms with Gasteiger partial charge in [0, 0.05) is 0 Å². The van der Waals surface area contributed by atoms with Crippen molar-refractivity contribution in [3.63, 3.8) is 0 Å². The van der Waals surface area contributed by atoms with Crippen LogP contribution in [0.15, 0.2) is 24.3 Å². The van der Waals surface area contributed by atoms with Crippen LogP contribution < -0.4 is 0 Å². The van der Waals surface area contributed by atoms with E-state index in [4.69, 9.17) is 0 Å². The first kappa shape index (κ1) is 32.4. The van der Waals surface area contributed by atoms with Crippen LogP contribution in [0.5, 0.6) is 0 Å². The Balaban J connectivity index is 3.68. The van der Waals surface area contributed by atoms with Crippen LogP contribution in [-0.2, 0) is 0 Å². The Morgan fingerprint density at radius 1 is 0.424 bits per heavy atom. The van der Waals surface area contributed by atoms with Crippen LogP contribution in [0.2, 0.25) is 0 Å². The van der Waals surface area contributed by atoms with Gasteiger partial charge in [0.05, 0.1) is 0 Å². The maximum Gasteiger partial charge on any atom is -0.000655 e. The van der Waals surface area contributed by atoms with Crippen LogP contribution in [0.4, 0.5) is 0 Å². The molecule has 0 saturated carbocycles. The molecule has 0 heterocycles. The predicted molar refractivity (Wildman–Crippen MR) is 152 cm³/mol. The van der Waals surface area contributed by atoms with Gasteiger partial charge < -0.3 is 9.80 Å². The van der Waals surface area contributed by atoms with Gasteiger partial charge in [0.15, 0.2) is 0 Å². The van der Waals surface area contributed by atoms with Crippen LogP contribution in [-0.4, -0.2) is 50.1 Å². The van der Waals surface area contributed by atoms with Gasteiger partial charge in [-0.25, -0.2) is 0 Å². The lowest BCUT2D eigenvalue weighted by atomic mass is 10.1. The number of hydrogen-bond donors (Lipinski definition) is 0. The molecule has 0 rings (SSSR count). The summed E-state index contributed by atoms with van der Waals surface area (Å²) in [5.74, 6) is 0. The minimum absolute atomic E-state index is 1.12. The second-order valence-electron chi connectivity index (χ2n) is 10.4. The number of nitrogens with zero attached hydrogens (tertiary/aromatic N) is 2. The highest BCUT2D eigenvalue weighted by Gasteiger charge is 2.05. The van der Waals surface area contributed by atoms with E-state index in [1.54, 1.807) is 0 Å². The average molecular weight is 463 g/mol. The highest BCUT2D eigenvalue weighted by molar-refractivity contribution is 4.92. The van der Waals surface area contributed by atoms with Crippen molar-refractivity contribution in [2.75, 3.05) is 40.3 Å². The molecule has 0 fully saturated rings. The van der Waals surface area contributed by atoms with Crippen molar-refractivity contribution in [3.05, 3.63) is 24.3 Å². The standard InChI is InChI=1S/C31H62N2/c1-5-7-9-11-13-14-15-16-17-18-19-20-21-22-24-26-30-33(31-27-28-32(3)4)29-25-23-12-10-8-6-2/h13-14,16-17H,5-12,15,18-31H2,1-4H3/b14-13+,17-16+. The zero-order valence-electron chi connectivity index (χ0n) is 23.5. The van der Waals surface area contributed by atoms with Gasteiger partial charge in [-0.3, -0.25) is 0 Å². The third-order valence-electron chi connectivity index (χ3n) is 6.58. The van der Waals surface area contributed by atoms with Crippen molar-refractivity contribution < 1.29 is 0 Å². The molecule has 0 aliphatic rings. The predicted octanol–water partition coefficient (Wildman–Crippen LogP) is 9.41. The lowest BCUT2D eigenvalue weighted by Gasteiger charge is -2.23. The van der Waals surface area contributed by atoms with Crippen LogP contribution in [0.3, 0.4) is 0 Å². The van der Waals surface area contributed by atoms with Crippen molar-refractivity contribution >= 4 is 0 Å². The summed E-state index contributed by atoms with van der Waals surface area (Å²) in [4.78, 5) is 5.08. The fourth-order valence-corrected chi connectivity index (χ4v) is 4.39. The van der Waals surface area contributed by atoms with Gasteiger partial charge in [-0.2, -0.15) is 0 Å². The molecule has 196 valence electrons. The lowest BCUT2D eigenvalue weighted by Crippen LogP contribution is -2.29. The zero-order valence-corrected chi connectivity index (χ0v) is 23.5. The molecule has 2 nitrogen and oxygen atoms in total. The lowest BCUT2D eigenvalue weighted by molar-refractivity contribution is 0.244. The average Bonchev–Trinajstić information content (AvgIpc) is 2.80. The van der Waals surface area contributed by atoms with Gasteiger partial charge >= 0.3 is 0 Å². The van der Waals surface area contributed by atoms with E-state index < -0.39 is 0 Å². The van der Waals surface area contributed by atoms with Crippen molar-refractivity contribution in [1.29, 1.82) is 0 Å². The van der Waals surface area contributed by atoms with Gasteiger partial charge in [0.1, 0.15) is 0 Å². The molecule has 0 N–H and O–H groups in total. The third-order valence-corrected chi connectivity index (χ3v) is 6.58. The minimum atomic E-state index is 1.12. The maximum atomic E-state index is 2.76. The molecule has 0 atom stereocenters. The van der Waals surface area contributed by atoms with E-state index in [-0.39, 0.29) is 0 Å². The number of allylic oxidation sites excluding steroid dienone is 4. The Labute approximate surface area is 210 Å². The molecule has 2 heteroatoms. The molecule has 0 bridgehead atoms. The first-order valence-electron chi connectivity index (χ1n) is 14.9. The van der Waals surface area contributed by atoms with Gasteiger partial charge in [-0.05, 0) is 91.6 Å². The van der Waals surface area contributed by atoms with Gasteiger partial charge in [-0.15, -0.1) is 0 Å². The van der Waals surface area contributed by atoms with Crippen molar-refractivity contribution in [2.24, 2.45) is 0 Å². The molecule has 0 aromatic heterocycles. The molecule has 0 saturated heterocycles. The summed E-state index contributed by atoms with van der Waals surface area (Å²) in [6.07, 6.45) is 35.3. The summed E-state index contributed by atoms with van der Waals surface area (Å²) < 4.78 is 0. The molecule has 0 unspecified atom stereocenters. The van der Waals surface area contributed by atoms with Gasteiger partial charge in [-0.1, -0.05) is 109 Å². The smallest absolute Gasteiger partial charge is 0.000655 e. The molecule has 0 spiro atoms. The van der Waals surface area contributed by atoms with Crippen molar-refractivity contribution in [1.82, 2.24) is 9.80 Å². The highest BCUT2D eigenvalue weighted by atomic mass is 15.1. The fraction of sp³-hybridized carbons (Fsp3) is 0.871. The molecule has 33 heavy (non-hydrogen) atoms. The van der Waals surface area contributed by atoms with Gasteiger partial charge in [0.25, 0.3) is 0 Å². The minimum Gasteiger partial charge on any atom is -0.309 e. The zero-order chi connectivity index (χ0) is 24.2. The Bertz CT molecular complexity index is 413. The van der Waals surface area contributed by atoms with Gasteiger partial charge in [0.2, 0.25) is 0 Å². The Hall–Kier alpha value is -0.600. The Morgan fingerprint density at radius 3 is 1.39 bits per heavy atom. The largest absolute Gasteiger partial charge is 0.309 e. The van der Waals surface area contributed by atoms with E-state index in [2.05, 4.69) is 62.0 Å². The van der Waals surface area contributed by atoms with E-state index >= 15 is 0 Å². The summed E-state index contributed by atoms with van der Waals surface area (Å²) in [6, 6.07) is 0. The van der Waals surface area contributed by atoms with Crippen LogP contribution in [0.25, 0.3) is 0 Å². The van der Waals surface area contributed by atoms with E-state index in [1.165, 1.54) is 142 Å². The van der Waals surface area contributed by atoms with E-state index in [0.29, 0.717) is 0 Å². The van der Waals surface area contributed by atoms with Crippen LogP contribution in [0.1, 0.15) is 136 Å². The first-order valence-corrected chi connectivity index (χ1v) is 14.9. The normalized spacial score (nSPS) is 12.3. The summed E-state index contributed by atoms with van der Waals surface area (Å²) in [5.41, 5.74) is 0. The van der Waals surface area contributed by atoms with E-state index in [0.717, 1.165) is 6.42 Å². The number of hydrogen-bond acceptors (Lipinski definition) is 2. The Kier molecular flexibility index (Phi) is 27.1. The molecule has 0 aliphatic carbocycles. The second kappa shape index (κ2) is 27.6. The SMILES string of the molecule is CCCCC/C=C/C/C=C/CCCCCCCCN(CCCCCCCC)CCCN(C)C. The molecular formula is C31H62N2. The number of unbranched alkanes of at least 4 members (excludes halogenated alkanes) is 14. The summed E-state index contributed by atoms with van der Waals surface area (Å²) in [6.45, 7) is 9.72. The van der Waals surface area contributed by atoms with Crippen LogP contribution >= 0.6 is 0 Å². The van der Waals surface area contributed by atoms with E-state index in [1.807, 2.05) is 0 Å². The monoisotopic (exact) mass is 462 g/mol. The second-order valence-corrected chi connectivity index (χ2v) is 10.4. The third kappa shape index (κ3) is 27.5. The molecule has 0 aromatic rings. The molecule has 0 radical (unpaired) electrons. The van der Waals surface area contributed by atoms with Crippen molar-refractivity contribution in [2.45, 2.75) is 136 Å². The molecule has 0 aliphatic heterocycles. The highest BCUT2D eigenvalue weighted by Crippen LogP contribution is 2.11. The quantitative estimate of drug-likeness (QED) is 0.0932. The molecule has 0 aromatic carbocycles. The summed E-state index contributed by atoms with van der Waals surface area (Å²) in [5, 5.41) is 0. The Morgan fingerprint density at radius 2 is 0.848 bits per heavy atom. The van der Waals surface area contributed by atoms with E-state index in [9.17, 15) is 0 Å². The maximum absolute atomic E-state index is 2.76. The summed E-state index contributed by atoms with van der Waals surface area (Å²) >= 11 is 0. The number of rotatable bonds is 26. The fourth-order valence-electron chi connectivity index (χ4n) is 4.39. The van der Waals surface area contributed by atoms with Crippen LogP contribution in [0, 0.1) is 0 Å². The van der Waals surface area contributed by atoms with Crippen molar-refractivity contribution in [3.8, 4) is 0 Å². The summed E-state index contributed by atoms with van der Waals surface area (Å²) in [7, 11) is 4.39. The molecule has 0 amide bonds.